The van der Waals surface area contributed by atoms with Crippen LogP contribution in [0.1, 0.15) is 19.3 Å². The van der Waals surface area contributed by atoms with Crippen molar-refractivity contribution in [3.63, 3.8) is 0 Å². The summed E-state index contributed by atoms with van der Waals surface area (Å²) < 4.78 is 5.68. The van der Waals surface area contributed by atoms with Gasteiger partial charge in [-0.15, -0.1) is 0 Å². The molecule has 0 unspecified atom stereocenters. The Hall–Kier alpha value is -0.870. The van der Waals surface area contributed by atoms with Crippen LogP contribution in [-0.4, -0.2) is 36.3 Å². The van der Waals surface area contributed by atoms with Crippen LogP contribution >= 0.6 is 11.6 Å². The van der Waals surface area contributed by atoms with E-state index in [1.807, 2.05) is 13.1 Å². The highest BCUT2D eigenvalue weighted by atomic mass is 35.5. The molecule has 0 bridgehead atoms. The minimum atomic E-state index is 0.286. The first-order valence-corrected chi connectivity index (χ1v) is 5.95. The summed E-state index contributed by atoms with van der Waals surface area (Å²) in [6.45, 7) is 1.73. The van der Waals surface area contributed by atoms with Crippen LogP contribution in [0.25, 0.3) is 0 Å². The molecule has 0 spiro atoms. The maximum Gasteiger partial charge on any atom is 0.224 e. The Morgan fingerprint density at radius 1 is 1.56 bits per heavy atom. The van der Waals surface area contributed by atoms with E-state index in [4.69, 9.17) is 16.3 Å². The first-order valence-electron chi connectivity index (χ1n) is 5.57. The molecule has 0 saturated carbocycles. The van der Waals surface area contributed by atoms with Gasteiger partial charge < -0.3 is 9.64 Å². The topological polar surface area (TPSA) is 38.2 Å². The lowest BCUT2D eigenvalue weighted by molar-refractivity contribution is 0.0215. The molecule has 88 valence electrons. The van der Waals surface area contributed by atoms with Crippen LogP contribution in [-0.2, 0) is 4.74 Å². The van der Waals surface area contributed by atoms with E-state index < -0.39 is 0 Å². The molecule has 0 radical (unpaired) electrons. The highest BCUT2D eigenvalue weighted by Crippen LogP contribution is 2.16. The zero-order chi connectivity index (χ0) is 11.4. The number of hydrogen-bond donors (Lipinski definition) is 0. The quantitative estimate of drug-likeness (QED) is 0.760. The Labute approximate surface area is 101 Å². The second-order valence-electron chi connectivity index (χ2n) is 4.05. The molecule has 2 rings (SSSR count). The molecule has 4 nitrogen and oxygen atoms in total. The monoisotopic (exact) mass is 241 g/mol. The van der Waals surface area contributed by atoms with E-state index in [0.717, 1.165) is 25.4 Å². The Bertz CT molecular complexity index is 342. The molecule has 1 fully saturated rings. The van der Waals surface area contributed by atoms with Crippen molar-refractivity contribution in [1.82, 2.24) is 9.97 Å². The van der Waals surface area contributed by atoms with Crippen LogP contribution in [0.15, 0.2) is 12.3 Å². The number of anilines is 1. The van der Waals surface area contributed by atoms with Crippen LogP contribution in [0.5, 0.6) is 0 Å². The molecule has 0 N–H and O–H groups in total. The zero-order valence-electron chi connectivity index (χ0n) is 9.40. The van der Waals surface area contributed by atoms with Crippen LogP contribution in [0.4, 0.5) is 5.82 Å². The van der Waals surface area contributed by atoms with Gasteiger partial charge in [-0.3, -0.25) is 0 Å². The van der Waals surface area contributed by atoms with Gasteiger partial charge in [0.05, 0.1) is 6.10 Å². The van der Waals surface area contributed by atoms with Gasteiger partial charge in [0.15, 0.2) is 0 Å². The SMILES string of the molecule is CN(C[C@@H]1CCCCO1)c1ccnc(Cl)n1. The highest BCUT2D eigenvalue weighted by Gasteiger charge is 2.16. The summed E-state index contributed by atoms with van der Waals surface area (Å²) >= 11 is 5.75. The van der Waals surface area contributed by atoms with Gasteiger partial charge in [0.25, 0.3) is 0 Å². The summed E-state index contributed by atoms with van der Waals surface area (Å²) in [5.74, 6) is 0.842. The molecule has 5 heteroatoms. The van der Waals surface area contributed by atoms with Crippen LogP contribution in [0.3, 0.4) is 0 Å². The van der Waals surface area contributed by atoms with E-state index >= 15 is 0 Å². The molecule has 1 atom stereocenters. The molecule has 1 aromatic rings. The molecular weight excluding hydrogens is 226 g/mol. The van der Waals surface area contributed by atoms with Gasteiger partial charge in [0.1, 0.15) is 5.82 Å². The molecule has 2 heterocycles. The molecule has 0 amide bonds. The van der Waals surface area contributed by atoms with Gasteiger partial charge in [0, 0.05) is 26.4 Å². The van der Waals surface area contributed by atoms with Gasteiger partial charge in [-0.25, -0.2) is 9.97 Å². The first kappa shape index (κ1) is 11.6. The average molecular weight is 242 g/mol. The zero-order valence-corrected chi connectivity index (χ0v) is 10.2. The Kier molecular flexibility index (Phi) is 3.96. The number of hydrogen-bond acceptors (Lipinski definition) is 4. The smallest absolute Gasteiger partial charge is 0.224 e. The third kappa shape index (κ3) is 3.06. The molecule has 0 aliphatic carbocycles. The van der Waals surface area contributed by atoms with Gasteiger partial charge >= 0.3 is 0 Å². The van der Waals surface area contributed by atoms with Crippen LogP contribution in [0, 0.1) is 0 Å². The largest absolute Gasteiger partial charge is 0.376 e. The van der Waals surface area contributed by atoms with E-state index in [1.54, 1.807) is 6.20 Å². The van der Waals surface area contributed by atoms with Crippen molar-refractivity contribution in [3.8, 4) is 0 Å². The van der Waals surface area contributed by atoms with E-state index in [-0.39, 0.29) is 5.28 Å². The molecule has 0 aromatic carbocycles. The number of ether oxygens (including phenoxy) is 1. The maximum absolute atomic E-state index is 5.75. The van der Waals surface area contributed by atoms with Crippen molar-refractivity contribution < 1.29 is 4.74 Å². The summed E-state index contributed by atoms with van der Waals surface area (Å²) in [6.07, 6.45) is 5.54. The first-order chi connectivity index (χ1) is 7.75. The second kappa shape index (κ2) is 5.46. The Morgan fingerprint density at radius 2 is 2.44 bits per heavy atom. The summed E-state index contributed by atoms with van der Waals surface area (Å²) in [5, 5.41) is 0.286. The van der Waals surface area contributed by atoms with Crippen molar-refractivity contribution in [1.29, 1.82) is 0 Å². The molecule has 1 saturated heterocycles. The predicted octanol–water partition coefficient (Wildman–Crippen LogP) is 2.14. The normalized spacial score (nSPS) is 20.8. The van der Waals surface area contributed by atoms with E-state index in [9.17, 15) is 0 Å². The third-order valence-corrected chi connectivity index (χ3v) is 2.94. The molecule has 1 aliphatic heterocycles. The number of halogens is 1. The predicted molar refractivity (Wildman–Crippen MR) is 63.9 cm³/mol. The van der Waals surface area contributed by atoms with Crippen molar-refractivity contribution >= 4 is 17.4 Å². The van der Waals surface area contributed by atoms with Crippen molar-refractivity contribution in [2.75, 3.05) is 25.1 Å². The van der Waals surface area contributed by atoms with E-state index in [2.05, 4.69) is 14.9 Å². The fourth-order valence-electron chi connectivity index (χ4n) is 1.89. The van der Waals surface area contributed by atoms with Gasteiger partial charge in [-0.2, -0.15) is 0 Å². The number of aromatic nitrogens is 2. The minimum Gasteiger partial charge on any atom is -0.376 e. The third-order valence-electron chi connectivity index (χ3n) is 2.75. The fraction of sp³-hybridized carbons (Fsp3) is 0.636. The summed E-state index contributed by atoms with van der Waals surface area (Å²) in [4.78, 5) is 10.1. The summed E-state index contributed by atoms with van der Waals surface area (Å²) in [5.41, 5.74) is 0. The Balaban J connectivity index is 1.94. The molecule has 1 aromatic heterocycles. The Morgan fingerprint density at radius 3 is 3.12 bits per heavy atom. The number of nitrogens with zero attached hydrogens (tertiary/aromatic N) is 3. The van der Waals surface area contributed by atoms with Gasteiger partial charge in [-0.1, -0.05) is 0 Å². The molecular formula is C11H16ClN3O. The van der Waals surface area contributed by atoms with Crippen molar-refractivity contribution in [2.24, 2.45) is 0 Å². The van der Waals surface area contributed by atoms with Crippen LogP contribution < -0.4 is 4.90 Å². The van der Waals surface area contributed by atoms with Gasteiger partial charge in [0.2, 0.25) is 5.28 Å². The average Bonchev–Trinajstić information content (AvgIpc) is 2.30. The highest BCUT2D eigenvalue weighted by molar-refractivity contribution is 6.28. The number of rotatable bonds is 3. The summed E-state index contributed by atoms with van der Waals surface area (Å²) in [6, 6.07) is 1.86. The van der Waals surface area contributed by atoms with Crippen LogP contribution in [0.2, 0.25) is 5.28 Å². The minimum absolute atomic E-state index is 0.286. The van der Waals surface area contributed by atoms with Gasteiger partial charge in [-0.05, 0) is 36.9 Å². The fourth-order valence-corrected chi connectivity index (χ4v) is 2.03. The van der Waals surface area contributed by atoms with Crippen molar-refractivity contribution in [2.45, 2.75) is 25.4 Å². The lowest BCUT2D eigenvalue weighted by Crippen LogP contribution is -2.33. The van der Waals surface area contributed by atoms with E-state index in [1.165, 1.54) is 12.8 Å². The lowest BCUT2D eigenvalue weighted by Gasteiger charge is -2.27. The maximum atomic E-state index is 5.75. The lowest BCUT2D eigenvalue weighted by atomic mass is 10.1. The second-order valence-corrected chi connectivity index (χ2v) is 4.39. The van der Waals surface area contributed by atoms with E-state index in [0.29, 0.717) is 6.10 Å². The standard InChI is InChI=1S/C11H16ClN3O/c1-15(8-9-4-2-3-7-16-9)10-5-6-13-11(12)14-10/h5-6,9H,2-4,7-8H2,1H3/t9-/m0/s1. The summed E-state index contributed by atoms with van der Waals surface area (Å²) in [7, 11) is 2.00. The molecule has 16 heavy (non-hydrogen) atoms. The number of likely N-dealkylation sites (N-methyl/N-ethyl adjacent to an activating group) is 1. The molecule has 1 aliphatic rings. The van der Waals surface area contributed by atoms with Crippen molar-refractivity contribution in [3.05, 3.63) is 17.5 Å².